The highest BCUT2D eigenvalue weighted by molar-refractivity contribution is 5.99. The average molecular weight is 345 g/mol. The smallest absolute Gasteiger partial charge is 0.273 e. The Labute approximate surface area is 151 Å². The molecule has 138 valence electrons. The first-order chi connectivity index (χ1) is 11.4. The highest BCUT2D eigenvalue weighted by atomic mass is 16.7. The fraction of sp³-hybridized carbons (Fsp3) is 0.571. The van der Waals surface area contributed by atoms with Gasteiger partial charge in [-0.1, -0.05) is 41.5 Å². The number of hydroxylamine groups is 2. The molecule has 25 heavy (non-hydrogen) atoms. The number of benzene rings is 1. The zero-order valence-corrected chi connectivity index (χ0v) is 16.6. The highest BCUT2D eigenvalue weighted by Gasteiger charge is 2.29. The SMILES string of the molecule is CCON1CCC(=Cc2cc(C(C)(C)C)c(O)c(C(C)(C)C)c2)C1=O. The van der Waals surface area contributed by atoms with Crippen molar-refractivity contribution in [3.63, 3.8) is 0 Å². The first-order valence-corrected chi connectivity index (χ1v) is 8.98. The molecule has 0 atom stereocenters. The second-order valence-corrected chi connectivity index (χ2v) is 8.71. The van der Waals surface area contributed by atoms with Gasteiger partial charge >= 0.3 is 0 Å². The largest absolute Gasteiger partial charge is 0.507 e. The molecule has 0 radical (unpaired) electrons. The van der Waals surface area contributed by atoms with Gasteiger partial charge in [-0.2, -0.15) is 0 Å². The molecule has 4 heteroatoms. The molecule has 0 unspecified atom stereocenters. The summed E-state index contributed by atoms with van der Waals surface area (Å²) in [7, 11) is 0. The monoisotopic (exact) mass is 345 g/mol. The zero-order valence-electron chi connectivity index (χ0n) is 16.6. The lowest BCUT2D eigenvalue weighted by Gasteiger charge is -2.28. The van der Waals surface area contributed by atoms with Crippen molar-refractivity contribution in [3.8, 4) is 5.75 Å². The molecule has 1 aliphatic heterocycles. The van der Waals surface area contributed by atoms with Gasteiger partial charge in [-0.05, 0) is 47.9 Å². The minimum absolute atomic E-state index is 0.0652. The Morgan fingerprint density at radius 2 is 1.64 bits per heavy atom. The molecule has 1 fully saturated rings. The number of amides is 1. The molecule has 0 spiro atoms. The Hall–Kier alpha value is -1.81. The molecule has 1 aliphatic rings. The minimum Gasteiger partial charge on any atom is -0.507 e. The molecule has 0 aromatic heterocycles. The van der Waals surface area contributed by atoms with Gasteiger partial charge in [0.15, 0.2) is 0 Å². The van der Waals surface area contributed by atoms with E-state index in [0.29, 0.717) is 25.3 Å². The van der Waals surface area contributed by atoms with Gasteiger partial charge in [0.2, 0.25) is 0 Å². The molecular weight excluding hydrogens is 314 g/mol. The molecular formula is C21H31NO3. The van der Waals surface area contributed by atoms with Gasteiger partial charge in [0, 0.05) is 16.7 Å². The van der Waals surface area contributed by atoms with Crippen LogP contribution in [0.1, 0.15) is 71.6 Å². The van der Waals surface area contributed by atoms with E-state index >= 15 is 0 Å². The highest BCUT2D eigenvalue weighted by Crippen LogP contribution is 2.40. The topological polar surface area (TPSA) is 49.8 Å². The van der Waals surface area contributed by atoms with Crippen molar-refractivity contribution in [1.29, 1.82) is 0 Å². The first kappa shape index (κ1) is 19.5. The molecule has 0 aliphatic carbocycles. The maximum absolute atomic E-state index is 12.4. The van der Waals surface area contributed by atoms with Crippen LogP contribution in [0.4, 0.5) is 0 Å². The van der Waals surface area contributed by atoms with Crippen LogP contribution in [0.15, 0.2) is 17.7 Å². The van der Waals surface area contributed by atoms with Crippen molar-refractivity contribution in [2.75, 3.05) is 13.2 Å². The second-order valence-electron chi connectivity index (χ2n) is 8.71. The van der Waals surface area contributed by atoms with Crippen molar-refractivity contribution < 1.29 is 14.7 Å². The van der Waals surface area contributed by atoms with Crippen LogP contribution in [-0.4, -0.2) is 29.2 Å². The molecule has 0 saturated carbocycles. The molecule has 1 aromatic rings. The molecule has 2 rings (SSSR count). The van der Waals surface area contributed by atoms with E-state index in [1.807, 2.05) is 25.1 Å². The third-order valence-corrected chi connectivity index (χ3v) is 4.46. The predicted octanol–water partition coefficient (Wildman–Crippen LogP) is 4.55. The molecule has 4 nitrogen and oxygen atoms in total. The van der Waals surface area contributed by atoms with Crippen LogP contribution < -0.4 is 0 Å². The van der Waals surface area contributed by atoms with Crippen molar-refractivity contribution in [2.24, 2.45) is 0 Å². The van der Waals surface area contributed by atoms with Crippen molar-refractivity contribution in [1.82, 2.24) is 5.06 Å². The van der Waals surface area contributed by atoms with Crippen LogP contribution in [0.25, 0.3) is 6.08 Å². The third kappa shape index (κ3) is 4.24. The van der Waals surface area contributed by atoms with Crippen LogP contribution in [-0.2, 0) is 20.5 Å². The summed E-state index contributed by atoms with van der Waals surface area (Å²) in [5.74, 6) is 0.292. The van der Waals surface area contributed by atoms with Gasteiger partial charge in [0.25, 0.3) is 5.91 Å². The van der Waals surface area contributed by atoms with Gasteiger partial charge < -0.3 is 5.11 Å². The second kappa shape index (κ2) is 6.83. The Balaban J connectivity index is 2.52. The van der Waals surface area contributed by atoms with Crippen LogP contribution in [0.2, 0.25) is 0 Å². The number of aromatic hydroxyl groups is 1. The Morgan fingerprint density at radius 1 is 1.12 bits per heavy atom. The number of hydrogen-bond donors (Lipinski definition) is 1. The van der Waals surface area contributed by atoms with E-state index < -0.39 is 0 Å². The molecule has 1 N–H and O–H groups in total. The summed E-state index contributed by atoms with van der Waals surface area (Å²) < 4.78 is 0. The zero-order chi connectivity index (χ0) is 19.0. The van der Waals surface area contributed by atoms with Crippen LogP contribution in [0, 0.1) is 0 Å². The lowest BCUT2D eigenvalue weighted by atomic mass is 9.78. The maximum atomic E-state index is 12.4. The summed E-state index contributed by atoms with van der Waals surface area (Å²) in [6.45, 7) is 15.5. The number of phenols is 1. The number of rotatable bonds is 3. The third-order valence-electron chi connectivity index (χ3n) is 4.46. The van der Waals surface area contributed by atoms with E-state index in [4.69, 9.17) is 4.84 Å². The quantitative estimate of drug-likeness (QED) is 0.817. The van der Waals surface area contributed by atoms with Gasteiger partial charge in [-0.15, -0.1) is 0 Å². The van der Waals surface area contributed by atoms with E-state index in [9.17, 15) is 9.90 Å². The molecule has 1 aromatic carbocycles. The van der Waals surface area contributed by atoms with E-state index in [0.717, 1.165) is 22.3 Å². The summed E-state index contributed by atoms with van der Waals surface area (Å²) in [4.78, 5) is 17.8. The normalized spacial score (nSPS) is 17.6. The first-order valence-electron chi connectivity index (χ1n) is 8.98. The summed E-state index contributed by atoms with van der Waals surface area (Å²) >= 11 is 0. The number of phenolic OH excluding ortho intramolecular Hbond substituents is 1. The molecule has 1 amide bonds. The Morgan fingerprint density at radius 3 is 2.08 bits per heavy atom. The van der Waals surface area contributed by atoms with Crippen LogP contribution >= 0.6 is 0 Å². The maximum Gasteiger partial charge on any atom is 0.273 e. The van der Waals surface area contributed by atoms with Gasteiger partial charge in [0.05, 0.1) is 13.2 Å². The average Bonchev–Trinajstić information content (AvgIpc) is 2.80. The van der Waals surface area contributed by atoms with E-state index in [1.165, 1.54) is 5.06 Å². The fourth-order valence-corrected chi connectivity index (χ4v) is 3.09. The van der Waals surface area contributed by atoms with E-state index in [2.05, 4.69) is 41.5 Å². The van der Waals surface area contributed by atoms with Crippen LogP contribution in [0.5, 0.6) is 5.75 Å². The minimum atomic E-state index is -0.185. The summed E-state index contributed by atoms with van der Waals surface area (Å²) in [6, 6.07) is 3.99. The number of carbonyl (C=O) groups excluding carboxylic acids is 1. The summed E-state index contributed by atoms with van der Waals surface area (Å²) in [5.41, 5.74) is 3.14. The van der Waals surface area contributed by atoms with Gasteiger partial charge in [-0.25, -0.2) is 5.06 Å². The molecule has 1 heterocycles. The van der Waals surface area contributed by atoms with Gasteiger partial charge in [-0.3, -0.25) is 9.63 Å². The Kier molecular flexibility index (Phi) is 5.33. The van der Waals surface area contributed by atoms with E-state index in [-0.39, 0.29) is 16.7 Å². The van der Waals surface area contributed by atoms with Gasteiger partial charge in [0.1, 0.15) is 5.75 Å². The number of hydrogen-bond acceptors (Lipinski definition) is 3. The standard InChI is InChI=1S/C21H31NO3/c1-8-25-22-10-9-15(19(22)24)11-14-12-16(20(2,3)4)18(23)17(13-14)21(5,6)7/h11-13,23H,8-10H2,1-7H3. The number of nitrogens with zero attached hydrogens (tertiary/aromatic N) is 1. The molecule has 0 bridgehead atoms. The predicted molar refractivity (Wildman–Crippen MR) is 101 cm³/mol. The van der Waals surface area contributed by atoms with Crippen molar-refractivity contribution in [3.05, 3.63) is 34.4 Å². The summed E-state index contributed by atoms with van der Waals surface area (Å²) in [6.07, 6.45) is 2.61. The van der Waals surface area contributed by atoms with Crippen LogP contribution in [0.3, 0.4) is 0 Å². The molecule has 1 saturated heterocycles. The fourth-order valence-electron chi connectivity index (χ4n) is 3.09. The Bertz CT molecular complexity index is 655. The number of carbonyl (C=O) groups is 1. The lowest BCUT2D eigenvalue weighted by molar-refractivity contribution is -0.173. The van der Waals surface area contributed by atoms with Crippen molar-refractivity contribution >= 4 is 12.0 Å². The van der Waals surface area contributed by atoms with Crippen molar-refractivity contribution in [2.45, 2.75) is 65.7 Å². The lowest BCUT2D eigenvalue weighted by Crippen LogP contribution is -2.25. The van der Waals surface area contributed by atoms with E-state index in [1.54, 1.807) is 0 Å². The summed E-state index contributed by atoms with van der Waals surface area (Å²) in [5, 5.41) is 12.2.